The normalized spacial score (nSPS) is 11.6. The second-order valence-electron chi connectivity index (χ2n) is 12.4. The summed E-state index contributed by atoms with van der Waals surface area (Å²) in [5, 5.41) is 0. The number of unbranched alkanes of at least 4 members (excludes halogenated alkanes) is 25. The van der Waals surface area contributed by atoms with Gasteiger partial charge in [-0.1, -0.05) is 168 Å². The van der Waals surface area contributed by atoms with Crippen LogP contribution >= 0.6 is 0 Å². The van der Waals surface area contributed by atoms with E-state index in [0.29, 0.717) is 10.4 Å². The van der Waals surface area contributed by atoms with Crippen molar-refractivity contribution in [3.8, 4) is 0 Å². The quantitative estimate of drug-likeness (QED) is 0.0632. The van der Waals surface area contributed by atoms with Crippen molar-refractivity contribution in [2.75, 3.05) is 20.6 Å². The topological polar surface area (TPSA) is 17.1 Å². The first-order chi connectivity index (χ1) is 17.5. The lowest BCUT2D eigenvalue weighted by molar-refractivity contribution is -0.814. The summed E-state index contributed by atoms with van der Waals surface area (Å²) in [5.41, 5.74) is 0. The van der Waals surface area contributed by atoms with Gasteiger partial charge in [-0.3, -0.25) is 4.48 Å². The van der Waals surface area contributed by atoms with Crippen molar-refractivity contribution in [1.82, 2.24) is 0 Å². The van der Waals surface area contributed by atoms with E-state index in [0.717, 1.165) is 19.4 Å². The fraction of sp³-hybridized carbons (Fsp3) is 0.971. The van der Waals surface area contributed by atoms with Crippen LogP contribution in [0.3, 0.4) is 0 Å². The predicted molar refractivity (Wildman–Crippen MR) is 163 cm³/mol. The van der Waals surface area contributed by atoms with Gasteiger partial charge in [0, 0.05) is 0 Å². The molecule has 224 valence electrons. The van der Waals surface area contributed by atoms with Crippen molar-refractivity contribution in [1.29, 1.82) is 0 Å². The molecule has 0 aliphatic rings. The lowest BCUT2D eigenvalue weighted by Gasteiger charge is -2.27. The molecule has 3 heteroatoms. The van der Waals surface area contributed by atoms with E-state index < -0.39 is 0 Å². The Labute approximate surface area is 245 Å². The summed E-state index contributed by atoms with van der Waals surface area (Å²) in [4.78, 5) is 12.7. The first-order valence-electron chi connectivity index (χ1n) is 16.9. The number of nitrogens with zero attached hydrogens (tertiary/aromatic N) is 1. The highest BCUT2D eigenvalue weighted by molar-refractivity contribution is 5.68. The molecule has 0 saturated carbocycles. The van der Waals surface area contributed by atoms with Gasteiger partial charge < -0.3 is 17.0 Å². The van der Waals surface area contributed by atoms with Crippen molar-refractivity contribution in [3.05, 3.63) is 0 Å². The van der Waals surface area contributed by atoms with Gasteiger partial charge in [-0.15, -0.1) is 0 Å². The molecule has 1 amide bonds. The minimum atomic E-state index is 0. The number of amides is 1. The first kappa shape index (κ1) is 39.3. The van der Waals surface area contributed by atoms with Crippen LogP contribution in [-0.2, 0) is 4.79 Å². The lowest BCUT2D eigenvalue weighted by Crippen LogP contribution is -3.00. The van der Waals surface area contributed by atoms with Crippen molar-refractivity contribution < 1.29 is 26.3 Å². The summed E-state index contributed by atoms with van der Waals surface area (Å²) >= 11 is 0. The molecule has 37 heavy (non-hydrogen) atoms. The molecule has 0 spiro atoms. The van der Waals surface area contributed by atoms with E-state index in [4.69, 9.17) is 0 Å². The Morgan fingerprint density at radius 2 is 0.649 bits per heavy atom. The number of rotatable bonds is 29. The van der Waals surface area contributed by atoms with Crippen molar-refractivity contribution in [2.45, 2.75) is 194 Å². The number of hydrogen-bond donors (Lipinski definition) is 0. The van der Waals surface area contributed by atoms with Crippen LogP contribution in [0.5, 0.6) is 0 Å². The summed E-state index contributed by atoms with van der Waals surface area (Å²) < 4.78 is 0.594. The van der Waals surface area contributed by atoms with Gasteiger partial charge in [0.2, 0.25) is 0 Å². The largest absolute Gasteiger partial charge is 1.00 e. The highest BCUT2D eigenvalue weighted by atomic mass is 79.9. The molecule has 0 fully saturated rings. The second kappa shape index (κ2) is 30.6. The van der Waals surface area contributed by atoms with Gasteiger partial charge in [0.05, 0.1) is 27.1 Å². The number of halogens is 1. The van der Waals surface area contributed by atoms with Crippen LogP contribution in [0.15, 0.2) is 0 Å². The van der Waals surface area contributed by atoms with Crippen LogP contribution in [-0.4, -0.2) is 31.0 Å². The Kier molecular flexibility index (Phi) is 32.5. The molecule has 0 N–H and O–H groups in total. The molecule has 0 radical (unpaired) electrons. The minimum absolute atomic E-state index is 0. The minimum Gasteiger partial charge on any atom is -1.00 e. The van der Waals surface area contributed by atoms with Crippen LogP contribution in [0.2, 0.25) is 0 Å². The number of quaternary nitrogens is 1. The molecule has 0 atom stereocenters. The predicted octanol–water partition coefficient (Wildman–Crippen LogP) is 8.56. The van der Waals surface area contributed by atoms with E-state index in [1.54, 1.807) is 0 Å². The fourth-order valence-corrected chi connectivity index (χ4v) is 5.42. The maximum absolute atomic E-state index is 12.7. The third-order valence-electron chi connectivity index (χ3n) is 8.24. The van der Waals surface area contributed by atoms with Crippen molar-refractivity contribution >= 4 is 5.91 Å². The van der Waals surface area contributed by atoms with Gasteiger partial charge in [0.15, 0.2) is 0 Å². The van der Waals surface area contributed by atoms with E-state index in [9.17, 15) is 4.79 Å². The van der Waals surface area contributed by atoms with E-state index in [1.807, 2.05) is 0 Å². The average molecular weight is 589 g/mol. The molecule has 2 nitrogen and oxygen atoms in total. The van der Waals surface area contributed by atoms with Gasteiger partial charge >= 0.3 is 5.91 Å². The molecule has 0 aliphatic heterocycles. The van der Waals surface area contributed by atoms with Gasteiger partial charge in [0.1, 0.15) is 0 Å². The van der Waals surface area contributed by atoms with E-state index in [-0.39, 0.29) is 17.0 Å². The molecule has 0 aliphatic carbocycles. The lowest BCUT2D eigenvalue weighted by atomic mass is 10.0. The second-order valence-corrected chi connectivity index (χ2v) is 12.4. The van der Waals surface area contributed by atoms with Crippen LogP contribution in [0.1, 0.15) is 194 Å². The number of carbonyl (C=O) groups is 1. The summed E-state index contributed by atoms with van der Waals surface area (Å²) in [6.07, 6.45) is 38.0. The maximum Gasteiger partial charge on any atom is 0.313 e. The zero-order valence-corrected chi connectivity index (χ0v) is 27.8. The average Bonchev–Trinajstić information content (AvgIpc) is 2.86. The monoisotopic (exact) mass is 587 g/mol. The maximum atomic E-state index is 12.7. The smallest absolute Gasteiger partial charge is 0.313 e. The molecule has 0 aromatic carbocycles. The molecule has 0 heterocycles. The number of hydrogen-bond acceptors (Lipinski definition) is 1. The van der Waals surface area contributed by atoms with Gasteiger partial charge in [0.25, 0.3) is 0 Å². The van der Waals surface area contributed by atoms with Crippen LogP contribution in [0.25, 0.3) is 0 Å². The van der Waals surface area contributed by atoms with Crippen molar-refractivity contribution in [3.63, 3.8) is 0 Å². The highest BCUT2D eigenvalue weighted by Gasteiger charge is 2.24. The van der Waals surface area contributed by atoms with E-state index in [1.165, 1.54) is 167 Å². The molecule has 0 aromatic heterocycles. The summed E-state index contributed by atoms with van der Waals surface area (Å²) in [6.45, 7) is 5.60. The zero-order chi connectivity index (χ0) is 26.6. The van der Waals surface area contributed by atoms with Crippen LogP contribution in [0.4, 0.5) is 0 Å². The van der Waals surface area contributed by atoms with Gasteiger partial charge in [-0.25, -0.2) is 4.79 Å². The summed E-state index contributed by atoms with van der Waals surface area (Å²) in [6, 6.07) is 0. The Morgan fingerprint density at radius 1 is 0.405 bits per heavy atom. The molecule has 0 aromatic rings. The fourth-order valence-electron chi connectivity index (χ4n) is 5.42. The first-order valence-corrected chi connectivity index (χ1v) is 16.9. The zero-order valence-electron chi connectivity index (χ0n) is 26.2. The SMILES string of the molecule is CCCCCCCCCCCCCCCC[N+](C)(C)C(=O)CCCCCCCCCCCCCCC.[Br-]. The Morgan fingerprint density at radius 3 is 0.946 bits per heavy atom. The summed E-state index contributed by atoms with van der Waals surface area (Å²) in [7, 11) is 4.26. The standard InChI is InChI=1S/C34H70NO.BrH/c1-5-7-9-11-13-15-17-19-21-23-25-27-29-31-33-35(3,4)34(36)32-30-28-26-24-22-20-18-16-14-12-10-8-6-2;/h5-33H2,1-4H3;1H/q+1;/p-1. The molecular weight excluding hydrogens is 518 g/mol. The Balaban J connectivity index is 0. The van der Waals surface area contributed by atoms with Gasteiger partial charge in [-0.2, -0.15) is 0 Å². The van der Waals surface area contributed by atoms with Crippen molar-refractivity contribution in [2.24, 2.45) is 0 Å². The van der Waals surface area contributed by atoms with E-state index in [2.05, 4.69) is 27.9 Å². The molecular formula is C34H70BrNO. The Bertz CT molecular complexity index is 451. The van der Waals surface area contributed by atoms with Crippen LogP contribution in [0, 0.1) is 0 Å². The van der Waals surface area contributed by atoms with E-state index >= 15 is 0 Å². The third-order valence-corrected chi connectivity index (χ3v) is 8.24. The number of carbonyl (C=O) groups excluding carboxylic acids is 1. The van der Waals surface area contributed by atoms with Crippen LogP contribution < -0.4 is 17.0 Å². The highest BCUT2D eigenvalue weighted by Crippen LogP contribution is 2.16. The van der Waals surface area contributed by atoms with Gasteiger partial charge in [-0.05, 0) is 19.3 Å². The molecule has 0 bridgehead atoms. The Hall–Kier alpha value is 0.110. The third kappa shape index (κ3) is 28.9. The molecule has 0 saturated heterocycles. The summed E-state index contributed by atoms with van der Waals surface area (Å²) in [5.74, 6) is 0.452. The molecule has 0 rings (SSSR count). The molecule has 0 unspecified atom stereocenters.